The maximum absolute atomic E-state index is 13.5. The lowest BCUT2D eigenvalue weighted by atomic mass is 9.72. The molecule has 0 spiro atoms. The van der Waals surface area contributed by atoms with Crippen LogP contribution in [0, 0.1) is 0 Å². The summed E-state index contributed by atoms with van der Waals surface area (Å²) in [4.78, 5) is 28.5. The molecular formula is C33H34N2O2S2. The van der Waals surface area contributed by atoms with Crippen molar-refractivity contribution in [2.45, 2.75) is 68.5 Å². The zero-order valence-corrected chi connectivity index (χ0v) is 24.5. The second kappa shape index (κ2) is 9.90. The van der Waals surface area contributed by atoms with Crippen molar-refractivity contribution in [1.29, 1.82) is 0 Å². The Morgan fingerprint density at radius 3 is 1.46 bits per heavy atom. The largest absolute Gasteiger partial charge is 0.345 e. The van der Waals surface area contributed by atoms with Crippen LogP contribution in [0.5, 0.6) is 0 Å². The fraction of sp³-hybridized carbons (Fsp3) is 0.333. The van der Waals surface area contributed by atoms with E-state index in [0.29, 0.717) is 0 Å². The van der Waals surface area contributed by atoms with Crippen LogP contribution in [-0.4, -0.2) is 21.3 Å². The molecule has 1 saturated carbocycles. The molecule has 0 saturated heterocycles. The fourth-order valence-electron chi connectivity index (χ4n) is 6.35. The Kier molecular flexibility index (Phi) is 6.67. The average Bonchev–Trinajstić information content (AvgIpc) is 3.65. The van der Waals surface area contributed by atoms with E-state index in [1.807, 2.05) is 74.5 Å². The Hall–Kier alpha value is -2.96. The number of hydrogen-bond donors (Lipinski definition) is 2. The monoisotopic (exact) mass is 554 g/mol. The smallest absolute Gasteiger partial charge is 0.258 e. The lowest BCUT2D eigenvalue weighted by Crippen LogP contribution is -2.47. The third kappa shape index (κ3) is 4.33. The van der Waals surface area contributed by atoms with E-state index in [9.17, 15) is 9.59 Å². The molecule has 0 aromatic heterocycles. The van der Waals surface area contributed by atoms with Crippen LogP contribution in [0.1, 0.15) is 70.2 Å². The summed E-state index contributed by atoms with van der Waals surface area (Å²) in [6.45, 7) is 8.58. The SMILES string of the molecule is C[C@@H](NC(=O)C1=CC2=C3CCCC3=C3C=C(C(=O)N[C@H](C)c4ccccc4)S[C@@]3(C)[C@]2(C)S1)c1ccccc1. The Morgan fingerprint density at radius 2 is 1.08 bits per heavy atom. The molecule has 2 aliphatic carbocycles. The molecule has 200 valence electrons. The summed E-state index contributed by atoms with van der Waals surface area (Å²) in [7, 11) is 0. The van der Waals surface area contributed by atoms with Crippen molar-refractivity contribution in [3.63, 3.8) is 0 Å². The Bertz CT molecular complexity index is 1360. The zero-order valence-electron chi connectivity index (χ0n) is 22.8. The van der Waals surface area contributed by atoms with Gasteiger partial charge in [-0.3, -0.25) is 9.59 Å². The third-order valence-electron chi connectivity index (χ3n) is 8.73. The highest BCUT2D eigenvalue weighted by Gasteiger charge is 2.60. The van der Waals surface area contributed by atoms with E-state index in [4.69, 9.17) is 0 Å². The third-order valence-corrected chi connectivity index (χ3v) is 12.0. The number of benzene rings is 2. The van der Waals surface area contributed by atoms with E-state index in [0.717, 1.165) is 40.2 Å². The van der Waals surface area contributed by atoms with Gasteiger partial charge < -0.3 is 10.6 Å². The van der Waals surface area contributed by atoms with Gasteiger partial charge >= 0.3 is 0 Å². The van der Waals surface area contributed by atoms with Crippen molar-refractivity contribution >= 4 is 35.3 Å². The van der Waals surface area contributed by atoms with E-state index >= 15 is 0 Å². The number of amides is 2. The summed E-state index contributed by atoms with van der Waals surface area (Å²) in [6, 6.07) is 20.0. The van der Waals surface area contributed by atoms with Crippen LogP contribution in [0.4, 0.5) is 0 Å². The van der Waals surface area contributed by atoms with Gasteiger partial charge in [0.2, 0.25) is 0 Å². The lowest BCUT2D eigenvalue weighted by Gasteiger charge is -2.47. The van der Waals surface area contributed by atoms with Crippen LogP contribution >= 0.6 is 23.5 Å². The molecule has 0 bridgehead atoms. The lowest BCUT2D eigenvalue weighted by molar-refractivity contribution is -0.118. The van der Waals surface area contributed by atoms with Crippen LogP contribution in [-0.2, 0) is 9.59 Å². The maximum atomic E-state index is 13.5. The molecule has 4 aliphatic rings. The van der Waals surface area contributed by atoms with E-state index in [2.05, 4.69) is 36.6 Å². The van der Waals surface area contributed by atoms with E-state index in [1.165, 1.54) is 22.3 Å². The molecular weight excluding hydrogens is 521 g/mol. The molecule has 6 rings (SSSR count). The van der Waals surface area contributed by atoms with Crippen molar-refractivity contribution in [1.82, 2.24) is 10.6 Å². The van der Waals surface area contributed by atoms with Gasteiger partial charge in [-0.15, -0.1) is 23.5 Å². The summed E-state index contributed by atoms with van der Waals surface area (Å²) in [5.41, 5.74) is 7.48. The molecule has 1 fully saturated rings. The summed E-state index contributed by atoms with van der Waals surface area (Å²) in [6.07, 6.45) is 7.43. The number of thioether (sulfide) groups is 2. The summed E-state index contributed by atoms with van der Waals surface area (Å²) in [5.74, 6) is -0.0641. The second-order valence-electron chi connectivity index (χ2n) is 11.1. The molecule has 2 amide bonds. The minimum atomic E-state index is -0.345. The van der Waals surface area contributed by atoms with E-state index in [1.54, 1.807) is 23.5 Å². The van der Waals surface area contributed by atoms with Crippen LogP contribution in [0.2, 0.25) is 0 Å². The number of carbonyl (C=O) groups excluding carboxylic acids is 2. The second-order valence-corrected chi connectivity index (χ2v) is 14.1. The van der Waals surface area contributed by atoms with Gasteiger partial charge in [-0.1, -0.05) is 60.7 Å². The first kappa shape index (κ1) is 26.3. The highest BCUT2D eigenvalue weighted by atomic mass is 32.2. The molecule has 4 nitrogen and oxygen atoms in total. The van der Waals surface area contributed by atoms with Crippen LogP contribution in [0.15, 0.2) is 105 Å². The van der Waals surface area contributed by atoms with Gasteiger partial charge in [0.15, 0.2) is 0 Å². The fourth-order valence-corrected chi connectivity index (χ4v) is 9.33. The molecule has 4 atom stereocenters. The number of nitrogens with one attached hydrogen (secondary N) is 2. The standard InChI is InChI=1S/C33H34N2O2S2/c1-20(22-12-7-5-8-13-22)34-30(36)28-18-26-24-16-11-17-25(24)27-19-29(39-33(27,4)32(26,3)38-28)31(37)35-21(2)23-14-9-6-10-15-23/h5-10,12-15,18-21H,11,16-17H2,1-4H3,(H,34,36)(H,35,37)/t20-,21-,32-,33-/m1/s1. The number of carbonyl (C=O) groups is 2. The molecule has 0 unspecified atom stereocenters. The Balaban J connectivity index is 1.27. The van der Waals surface area contributed by atoms with Crippen LogP contribution in [0.3, 0.4) is 0 Å². The first-order valence-electron chi connectivity index (χ1n) is 13.7. The minimum absolute atomic E-state index is 0.0321. The first-order chi connectivity index (χ1) is 18.7. The highest BCUT2D eigenvalue weighted by molar-refractivity contribution is 8.10. The van der Waals surface area contributed by atoms with Gasteiger partial charge in [0.1, 0.15) is 0 Å². The minimum Gasteiger partial charge on any atom is -0.345 e. The van der Waals surface area contributed by atoms with Gasteiger partial charge in [0.25, 0.3) is 11.8 Å². The average molecular weight is 555 g/mol. The maximum Gasteiger partial charge on any atom is 0.258 e. The predicted molar refractivity (Wildman–Crippen MR) is 162 cm³/mol. The first-order valence-corrected chi connectivity index (χ1v) is 15.4. The normalized spacial score (nSPS) is 26.8. The van der Waals surface area contributed by atoms with Crippen LogP contribution in [0.25, 0.3) is 0 Å². The van der Waals surface area contributed by atoms with Gasteiger partial charge in [0, 0.05) is 0 Å². The molecule has 6 heteroatoms. The van der Waals surface area contributed by atoms with Crippen molar-refractivity contribution in [3.8, 4) is 0 Å². The molecule has 2 aromatic carbocycles. The molecule has 2 heterocycles. The van der Waals surface area contributed by atoms with Gasteiger partial charge in [-0.25, -0.2) is 0 Å². The number of fused-ring (bicyclic) bond motifs is 4. The summed E-state index contributed by atoms with van der Waals surface area (Å²) < 4.78 is -0.690. The van der Waals surface area contributed by atoms with Crippen LogP contribution < -0.4 is 10.6 Å². The molecule has 2 aliphatic heterocycles. The van der Waals surface area contributed by atoms with Crippen molar-refractivity contribution in [2.75, 3.05) is 0 Å². The number of rotatable bonds is 6. The van der Waals surface area contributed by atoms with Crippen molar-refractivity contribution < 1.29 is 9.59 Å². The van der Waals surface area contributed by atoms with E-state index < -0.39 is 0 Å². The van der Waals surface area contributed by atoms with Gasteiger partial charge in [-0.05, 0) is 92.5 Å². The van der Waals surface area contributed by atoms with Crippen molar-refractivity contribution in [2.24, 2.45) is 0 Å². The number of allylic oxidation sites excluding steroid dienone is 4. The topological polar surface area (TPSA) is 58.2 Å². The summed E-state index contributed by atoms with van der Waals surface area (Å²) >= 11 is 3.32. The van der Waals surface area contributed by atoms with Crippen molar-refractivity contribution in [3.05, 3.63) is 116 Å². The van der Waals surface area contributed by atoms with E-state index in [-0.39, 0.29) is 33.4 Å². The van der Waals surface area contributed by atoms with Gasteiger partial charge in [0.05, 0.1) is 31.4 Å². The quantitative estimate of drug-likeness (QED) is 0.393. The Morgan fingerprint density at radius 1 is 0.692 bits per heavy atom. The van der Waals surface area contributed by atoms with Gasteiger partial charge in [-0.2, -0.15) is 0 Å². The molecule has 0 radical (unpaired) electrons. The summed E-state index contributed by atoms with van der Waals surface area (Å²) in [5, 5.41) is 6.43. The molecule has 2 N–H and O–H groups in total. The molecule has 2 aromatic rings. The number of hydrogen-bond acceptors (Lipinski definition) is 4. The Labute approximate surface area is 239 Å². The zero-order chi connectivity index (χ0) is 27.4. The predicted octanol–water partition coefficient (Wildman–Crippen LogP) is 7.31. The molecule has 39 heavy (non-hydrogen) atoms. The highest BCUT2D eigenvalue weighted by Crippen LogP contribution is 2.68.